The molecule has 5 nitrogen and oxygen atoms in total. The number of anilines is 1. The maximum atomic E-state index is 8.99. The Hall–Kier alpha value is -2.50. The van der Waals surface area contributed by atoms with Crippen molar-refractivity contribution in [1.82, 2.24) is 9.78 Å². The average molecular weight is 286 g/mol. The van der Waals surface area contributed by atoms with E-state index in [4.69, 9.17) is 22.1 Å². The zero-order valence-corrected chi connectivity index (χ0v) is 11.9. The molecule has 1 heterocycles. The number of nitrogens with one attached hydrogen (secondary N) is 1. The van der Waals surface area contributed by atoms with Crippen LogP contribution in [0.3, 0.4) is 0 Å². The van der Waals surface area contributed by atoms with E-state index in [2.05, 4.69) is 10.4 Å². The summed E-state index contributed by atoms with van der Waals surface area (Å²) in [6.45, 7) is 2.40. The van der Waals surface area contributed by atoms with Crippen LogP contribution in [0.15, 0.2) is 18.2 Å². The number of rotatable bonds is 3. The van der Waals surface area contributed by atoms with E-state index in [9.17, 15) is 0 Å². The van der Waals surface area contributed by atoms with Gasteiger partial charge in [-0.15, -0.1) is 0 Å². The lowest BCUT2D eigenvalue weighted by molar-refractivity contribution is 0.757. The maximum Gasteiger partial charge on any atom is 0.131 e. The molecule has 0 saturated heterocycles. The number of halogens is 1. The number of hydrogen-bond donors (Lipinski definition) is 1. The van der Waals surface area contributed by atoms with Crippen LogP contribution in [-0.4, -0.2) is 9.78 Å². The van der Waals surface area contributed by atoms with Gasteiger partial charge in [0.15, 0.2) is 0 Å². The molecule has 0 saturated carbocycles. The highest BCUT2D eigenvalue weighted by molar-refractivity contribution is 6.30. The number of benzene rings is 1. The molecule has 0 aliphatic rings. The second kappa shape index (κ2) is 5.64. The summed E-state index contributed by atoms with van der Waals surface area (Å²) in [7, 11) is 1.79. The van der Waals surface area contributed by atoms with Crippen molar-refractivity contribution in [1.29, 1.82) is 10.5 Å². The minimum absolute atomic E-state index is 0.353. The van der Waals surface area contributed by atoms with E-state index in [1.807, 2.05) is 19.1 Å². The molecule has 0 fully saturated rings. The lowest BCUT2D eigenvalue weighted by Gasteiger charge is -2.07. The first kappa shape index (κ1) is 13.9. The van der Waals surface area contributed by atoms with E-state index < -0.39 is 0 Å². The fraction of sp³-hybridized carbons (Fsp3) is 0.214. The Morgan fingerprint density at radius 1 is 1.30 bits per heavy atom. The highest BCUT2D eigenvalue weighted by atomic mass is 35.5. The molecule has 0 bridgehead atoms. The fourth-order valence-corrected chi connectivity index (χ4v) is 2.15. The highest BCUT2D eigenvalue weighted by Crippen LogP contribution is 2.21. The molecule has 1 aromatic heterocycles. The van der Waals surface area contributed by atoms with Gasteiger partial charge in [-0.25, -0.2) is 0 Å². The first-order valence-corrected chi connectivity index (χ1v) is 6.30. The van der Waals surface area contributed by atoms with Crippen LogP contribution in [-0.2, 0) is 13.6 Å². The summed E-state index contributed by atoms with van der Waals surface area (Å²) in [6, 6.07) is 9.03. The molecular formula is C14H12ClN5. The molecule has 0 amide bonds. The predicted molar refractivity (Wildman–Crippen MR) is 76.2 cm³/mol. The molecule has 0 atom stereocenters. The molecule has 2 aromatic rings. The van der Waals surface area contributed by atoms with E-state index in [-0.39, 0.29) is 0 Å². The smallest absolute Gasteiger partial charge is 0.131 e. The van der Waals surface area contributed by atoms with Crippen molar-refractivity contribution in [3.8, 4) is 12.1 Å². The van der Waals surface area contributed by atoms with Crippen molar-refractivity contribution in [2.24, 2.45) is 7.05 Å². The Bertz CT molecular complexity index is 733. The van der Waals surface area contributed by atoms with Gasteiger partial charge in [-0.3, -0.25) is 4.68 Å². The first-order chi connectivity index (χ1) is 9.56. The van der Waals surface area contributed by atoms with E-state index in [0.717, 1.165) is 16.9 Å². The topological polar surface area (TPSA) is 77.4 Å². The largest absolute Gasteiger partial charge is 0.381 e. The molecule has 20 heavy (non-hydrogen) atoms. The van der Waals surface area contributed by atoms with Crippen molar-refractivity contribution in [3.63, 3.8) is 0 Å². The van der Waals surface area contributed by atoms with E-state index in [1.165, 1.54) is 0 Å². The molecular weight excluding hydrogens is 274 g/mol. The van der Waals surface area contributed by atoms with Crippen LogP contribution in [0.2, 0.25) is 5.15 Å². The Kier molecular flexibility index (Phi) is 3.93. The van der Waals surface area contributed by atoms with Crippen molar-refractivity contribution in [3.05, 3.63) is 45.7 Å². The lowest BCUT2D eigenvalue weighted by atomic mass is 10.1. The number of nitriles is 2. The zero-order valence-electron chi connectivity index (χ0n) is 11.1. The molecule has 0 unspecified atom stereocenters. The van der Waals surface area contributed by atoms with Gasteiger partial charge in [-0.1, -0.05) is 11.6 Å². The minimum atomic E-state index is 0.353. The monoisotopic (exact) mass is 285 g/mol. The van der Waals surface area contributed by atoms with Gasteiger partial charge in [0.25, 0.3) is 0 Å². The Morgan fingerprint density at radius 2 is 2.00 bits per heavy atom. The summed E-state index contributed by atoms with van der Waals surface area (Å²) >= 11 is 6.15. The van der Waals surface area contributed by atoms with E-state index >= 15 is 0 Å². The normalized spacial score (nSPS) is 9.85. The molecule has 1 aromatic carbocycles. The average Bonchev–Trinajstić information content (AvgIpc) is 2.70. The Morgan fingerprint density at radius 3 is 2.55 bits per heavy atom. The molecule has 100 valence electrons. The van der Waals surface area contributed by atoms with Gasteiger partial charge >= 0.3 is 0 Å². The van der Waals surface area contributed by atoms with E-state index in [1.54, 1.807) is 29.9 Å². The SMILES string of the molecule is Cc1nn(C)c(Cl)c1CNc1ccc(C#N)c(C#N)c1. The minimum Gasteiger partial charge on any atom is -0.381 e. The third-order valence-electron chi connectivity index (χ3n) is 3.00. The van der Waals surface area contributed by atoms with Crippen molar-refractivity contribution < 1.29 is 0 Å². The van der Waals surface area contributed by atoms with Crippen LogP contribution in [0.1, 0.15) is 22.4 Å². The van der Waals surface area contributed by atoms with Crippen LogP contribution in [0.25, 0.3) is 0 Å². The Balaban J connectivity index is 2.20. The second-order valence-corrected chi connectivity index (χ2v) is 4.67. The summed E-state index contributed by atoms with van der Waals surface area (Å²) in [6.07, 6.45) is 0. The molecule has 0 radical (unpaired) electrons. The van der Waals surface area contributed by atoms with Gasteiger partial charge in [-0.05, 0) is 25.1 Å². The quantitative estimate of drug-likeness (QED) is 0.940. The molecule has 0 spiro atoms. The maximum absolute atomic E-state index is 8.99. The summed E-state index contributed by atoms with van der Waals surface area (Å²) in [5.74, 6) is 0. The number of aryl methyl sites for hydroxylation is 2. The summed E-state index contributed by atoms with van der Waals surface area (Å²) in [4.78, 5) is 0. The molecule has 0 aliphatic heterocycles. The third kappa shape index (κ3) is 2.59. The van der Waals surface area contributed by atoms with Gasteiger partial charge in [0.1, 0.15) is 17.3 Å². The standard InChI is InChI=1S/C14H12ClN5/c1-9-13(14(15)20(2)19-9)8-18-12-4-3-10(6-16)11(5-12)7-17/h3-5,18H,8H2,1-2H3. The summed E-state index contributed by atoms with van der Waals surface area (Å²) < 4.78 is 1.62. The number of aromatic nitrogens is 2. The van der Waals surface area contributed by atoms with Gasteiger partial charge < -0.3 is 5.32 Å². The third-order valence-corrected chi connectivity index (χ3v) is 3.47. The summed E-state index contributed by atoms with van der Waals surface area (Å²) in [5.41, 5.74) is 3.26. The number of hydrogen-bond acceptors (Lipinski definition) is 4. The number of nitrogens with zero attached hydrogens (tertiary/aromatic N) is 4. The van der Waals surface area contributed by atoms with Crippen molar-refractivity contribution >= 4 is 17.3 Å². The molecule has 0 aliphatic carbocycles. The highest BCUT2D eigenvalue weighted by Gasteiger charge is 2.11. The van der Waals surface area contributed by atoms with Crippen LogP contribution in [0.5, 0.6) is 0 Å². The molecule has 6 heteroatoms. The van der Waals surface area contributed by atoms with Gasteiger partial charge in [0.05, 0.1) is 16.8 Å². The van der Waals surface area contributed by atoms with Crippen LogP contribution < -0.4 is 5.32 Å². The lowest BCUT2D eigenvalue weighted by Crippen LogP contribution is -2.01. The van der Waals surface area contributed by atoms with Crippen LogP contribution in [0.4, 0.5) is 5.69 Å². The van der Waals surface area contributed by atoms with Crippen LogP contribution in [0, 0.1) is 29.6 Å². The van der Waals surface area contributed by atoms with Gasteiger partial charge in [0.2, 0.25) is 0 Å². The first-order valence-electron chi connectivity index (χ1n) is 5.93. The van der Waals surface area contributed by atoms with Crippen molar-refractivity contribution in [2.75, 3.05) is 5.32 Å². The van der Waals surface area contributed by atoms with E-state index in [0.29, 0.717) is 22.8 Å². The van der Waals surface area contributed by atoms with Gasteiger partial charge in [-0.2, -0.15) is 15.6 Å². The van der Waals surface area contributed by atoms with Crippen molar-refractivity contribution in [2.45, 2.75) is 13.5 Å². The second-order valence-electron chi connectivity index (χ2n) is 4.32. The Labute approximate surface area is 122 Å². The van der Waals surface area contributed by atoms with Gasteiger partial charge in [0, 0.05) is 24.8 Å². The zero-order chi connectivity index (χ0) is 14.7. The van der Waals surface area contributed by atoms with Crippen LogP contribution >= 0.6 is 11.6 Å². The fourth-order valence-electron chi connectivity index (χ4n) is 1.91. The predicted octanol–water partition coefficient (Wildman–Crippen LogP) is 2.74. The molecule has 1 N–H and O–H groups in total. The molecule has 2 rings (SSSR count). The summed E-state index contributed by atoms with van der Waals surface area (Å²) in [5, 5.41) is 25.9.